The molecule has 2 rings (SSSR count). The van der Waals surface area contributed by atoms with Crippen molar-refractivity contribution in [2.75, 3.05) is 18.0 Å². The molecular weight excluding hydrogens is 268 g/mol. The lowest BCUT2D eigenvalue weighted by Crippen LogP contribution is -2.24. The van der Waals surface area contributed by atoms with Gasteiger partial charge in [0.25, 0.3) is 0 Å². The highest BCUT2D eigenvalue weighted by atomic mass is 16.4. The third-order valence-corrected chi connectivity index (χ3v) is 3.43. The standard InChI is InChI=1S/C15H20N4O2/c1-5-18(6-2)14-13(15(20)21)16-19(17-14)12-8-7-10(3)9-11(12)4/h7-9H,5-6H2,1-4H3,(H,20,21). The Balaban J connectivity index is 2.56. The Kier molecular flexibility index (Phi) is 4.26. The molecule has 6 nitrogen and oxygen atoms in total. The van der Waals surface area contributed by atoms with Crippen LogP contribution in [-0.4, -0.2) is 39.2 Å². The summed E-state index contributed by atoms with van der Waals surface area (Å²) in [5.74, 6) is -0.652. The van der Waals surface area contributed by atoms with Gasteiger partial charge in [-0.15, -0.1) is 15.0 Å². The van der Waals surface area contributed by atoms with Crippen LogP contribution in [0.15, 0.2) is 18.2 Å². The van der Waals surface area contributed by atoms with E-state index in [1.807, 2.05) is 50.8 Å². The van der Waals surface area contributed by atoms with E-state index in [9.17, 15) is 9.90 Å². The Morgan fingerprint density at radius 1 is 1.24 bits per heavy atom. The smallest absolute Gasteiger partial charge is 0.360 e. The molecule has 2 aromatic rings. The molecule has 0 radical (unpaired) electrons. The minimum atomic E-state index is -1.06. The second-order valence-corrected chi connectivity index (χ2v) is 4.93. The predicted octanol–water partition coefficient (Wildman–Crippen LogP) is 2.43. The van der Waals surface area contributed by atoms with Crippen molar-refractivity contribution in [2.45, 2.75) is 27.7 Å². The highest BCUT2D eigenvalue weighted by Gasteiger charge is 2.22. The molecule has 1 aromatic heterocycles. The molecule has 1 N–H and O–H groups in total. The number of nitrogens with zero attached hydrogens (tertiary/aromatic N) is 4. The number of hydrogen-bond acceptors (Lipinski definition) is 4. The van der Waals surface area contributed by atoms with Crippen LogP contribution in [0.5, 0.6) is 0 Å². The predicted molar refractivity (Wildman–Crippen MR) is 81.4 cm³/mol. The Hall–Kier alpha value is -2.37. The number of aromatic carboxylic acids is 1. The van der Waals surface area contributed by atoms with Crippen LogP contribution in [0.3, 0.4) is 0 Å². The Labute approximate surface area is 124 Å². The van der Waals surface area contributed by atoms with E-state index in [1.165, 1.54) is 4.80 Å². The van der Waals surface area contributed by atoms with Crippen LogP contribution in [0.2, 0.25) is 0 Å². The lowest BCUT2D eigenvalue weighted by atomic mass is 10.1. The van der Waals surface area contributed by atoms with Gasteiger partial charge in [-0.05, 0) is 39.3 Å². The first kappa shape index (κ1) is 15.0. The van der Waals surface area contributed by atoms with Crippen molar-refractivity contribution in [1.82, 2.24) is 15.0 Å². The van der Waals surface area contributed by atoms with Crippen LogP contribution in [0.1, 0.15) is 35.5 Å². The summed E-state index contributed by atoms with van der Waals surface area (Å²) in [5.41, 5.74) is 2.93. The van der Waals surface area contributed by atoms with Gasteiger partial charge in [0.2, 0.25) is 5.69 Å². The Bertz CT molecular complexity index is 660. The van der Waals surface area contributed by atoms with E-state index >= 15 is 0 Å². The second-order valence-electron chi connectivity index (χ2n) is 4.93. The van der Waals surface area contributed by atoms with Crippen molar-refractivity contribution >= 4 is 11.8 Å². The molecule has 0 aliphatic carbocycles. The zero-order chi connectivity index (χ0) is 15.6. The monoisotopic (exact) mass is 288 g/mol. The van der Waals surface area contributed by atoms with Gasteiger partial charge in [0.15, 0.2) is 5.82 Å². The largest absolute Gasteiger partial charge is 0.476 e. The second kappa shape index (κ2) is 5.95. The average Bonchev–Trinajstić information content (AvgIpc) is 2.85. The SMILES string of the molecule is CCN(CC)c1nn(-c2ccc(C)cc2C)nc1C(=O)O. The minimum Gasteiger partial charge on any atom is -0.476 e. The summed E-state index contributed by atoms with van der Waals surface area (Å²) in [7, 11) is 0. The molecule has 0 saturated carbocycles. The molecule has 0 aliphatic heterocycles. The fraction of sp³-hybridized carbons (Fsp3) is 0.400. The molecule has 0 saturated heterocycles. The maximum absolute atomic E-state index is 11.4. The summed E-state index contributed by atoms with van der Waals surface area (Å²) in [6.45, 7) is 9.27. The van der Waals surface area contributed by atoms with Gasteiger partial charge in [-0.25, -0.2) is 4.79 Å². The summed E-state index contributed by atoms with van der Waals surface area (Å²) in [6.07, 6.45) is 0. The van der Waals surface area contributed by atoms with E-state index in [-0.39, 0.29) is 5.69 Å². The molecule has 0 aliphatic rings. The molecule has 0 spiro atoms. The number of anilines is 1. The molecule has 112 valence electrons. The van der Waals surface area contributed by atoms with Crippen molar-refractivity contribution in [3.63, 3.8) is 0 Å². The normalized spacial score (nSPS) is 10.7. The molecule has 6 heteroatoms. The van der Waals surface area contributed by atoms with Crippen molar-refractivity contribution < 1.29 is 9.90 Å². The van der Waals surface area contributed by atoms with Crippen LogP contribution in [0.25, 0.3) is 5.69 Å². The summed E-state index contributed by atoms with van der Waals surface area (Å²) in [5, 5.41) is 17.9. The van der Waals surface area contributed by atoms with Crippen molar-refractivity contribution in [2.24, 2.45) is 0 Å². The number of aryl methyl sites for hydroxylation is 2. The van der Waals surface area contributed by atoms with Gasteiger partial charge < -0.3 is 10.0 Å². The van der Waals surface area contributed by atoms with E-state index in [0.717, 1.165) is 16.8 Å². The fourth-order valence-corrected chi connectivity index (χ4v) is 2.31. The lowest BCUT2D eigenvalue weighted by Gasteiger charge is -2.17. The van der Waals surface area contributed by atoms with Gasteiger partial charge in [0.1, 0.15) is 0 Å². The highest BCUT2D eigenvalue weighted by molar-refractivity contribution is 5.91. The van der Waals surface area contributed by atoms with Crippen molar-refractivity contribution in [3.05, 3.63) is 35.0 Å². The third-order valence-electron chi connectivity index (χ3n) is 3.43. The Morgan fingerprint density at radius 2 is 1.90 bits per heavy atom. The molecule has 21 heavy (non-hydrogen) atoms. The first-order valence-electron chi connectivity index (χ1n) is 7.01. The Morgan fingerprint density at radius 3 is 2.43 bits per heavy atom. The summed E-state index contributed by atoms with van der Waals surface area (Å²) < 4.78 is 0. The number of carboxylic acid groups (broad SMARTS) is 1. The van der Waals surface area contributed by atoms with E-state index in [2.05, 4.69) is 10.2 Å². The number of benzene rings is 1. The molecule has 1 heterocycles. The van der Waals surface area contributed by atoms with Crippen LogP contribution in [0, 0.1) is 13.8 Å². The van der Waals surface area contributed by atoms with Gasteiger partial charge in [-0.3, -0.25) is 0 Å². The van der Waals surface area contributed by atoms with E-state index < -0.39 is 5.97 Å². The average molecular weight is 288 g/mol. The van der Waals surface area contributed by atoms with Gasteiger partial charge in [0, 0.05) is 13.1 Å². The molecule has 0 unspecified atom stereocenters. The van der Waals surface area contributed by atoms with Crippen molar-refractivity contribution in [1.29, 1.82) is 0 Å². The quantitative estimate of drug-likeness (QED) is 0.915. The van der Waals surface area contributed by atoms with E-state index in [0.29, 0.717) is 18.9 Å². The highest BCUT2D eigenvalue weighted by Crippen LogP contribution is 2.20. The van der Waals surface area contributed by atoms with Crippen LogP contribution in [0.4, 0.5) is 5.82 Å². The van der Waals surface area contributed by atoms with Gasteiger partial charge in [0.05, 0.1) is 5.69 Å². The topological polar surface area (TPSA) is 71.2 Å². The van der Waals surface area contributed by atoms with Crippen LogP contribution >= 0.6 is 0 Å². The van der Waals surface area contributed by atoms with Gasteiger partial charge in [-0.1, -0.05) is 17.7 Å². The van der Waals surface area contributed by atoms with E-state index in [4.69, 9.17) is 0 Å². The summed E-state index contributed by atoms with van der Waals surface area (Å²) in [4.78, 5) is 14.7. The molecule has 1 aromatic carbocycles. The molecule has 0 bridgehead atoms. The maximum atomic E-state index is 11.4. The van der Waals surface area contributed by atoms with Crippen LogP contribution < -0.4 is 4.90 Å². The first-order valence-corrected chi connectivity index (χ1v) is 7.01. The number of aromatic nitrogens is 3. The zero-order valence-corrected chi connectivity index (χ0v) is 12.8. The molecule has 0 atom stereocenters. The summed E-state index contributed by atoms with van der Waals surface area (Å²) in [6, 6.07) is 5.89. The number of carbonyl (C=O) groups is 1. The fourth-order valence-electron chi connectivity index (χ4n) is 2.31. The number of carboxylic acids is 1. The number of hydrogen-bond donors (Lipinski definition) is 1. The third kappa shape index (κ3) is 2.89. The first-order chi connectivity index (χ1) is 9.97. The molecular formula is C15H20N4O2. The summed E-state index contributed by atoms with van der Waals surface area (Å²) >= 11 is 0. The van der Waals surface area contributed by atoms with E-state index in [1.54, 1.807) is 0 Å². The molecule has 0 fully saturated rings. The zero-order valence-electron chi connectivity index (χ0n) is 12.8. The minimum absolute atomic E-state index is 0.0151. The number of rotatable bonds is 5. The lowest BCUT2D eigenvalue weighted by molar-refractivity contribution is 0.0690. The van der Waals surface area contributed by atoms with Crippen molar-refractivity contribution in [3.8, 4) is 5.69 Å². The molecule has 0 amide bonds. The van der Waals surface area contributed by atoms with Gasteiger partial charge in [-0.2, -0.15) is 0 Å². The van der Waals surface area contributed by atoms with Crippen LogP contribution in [-0.2, 0) is 0 Å². The maximum Gasteiger partial charge on any atom is 0.360 e. The van der Waals surface area contributed by atoms with Gasteiger partial charge >= 0.3 is 5.97 Å².